The van der Waals surface area contributed by atoms with E-state index >= 15 is 0 Å². The lowest BCUT2D eigenvalue weighted by Crippen LogP contribution is -2.17. The number of unbranched alkanes of at least 4 members (excludes halogenated alkanes) is 1. The molecule has 1 aromatic rings. The van der Waals surface area contributed by atoms with Crippen LogP contribution >= 0.6 is 11.6 Å². The lowest BCUT2D eigenvalue weighted by Gasteiger charge is -2.04. The minimum atomic E-state index is -0.310. The zero-order valence-electron chi connectivity index (χ0n) is 9.31. The Morgan fingerprint density at radius 1 is 1.31 bits per heavy atom. The zero-order chi connectivity index (χ0) is 11.4. The van der Waals surface area contributed by atoms with E-state index in [-0.39, 0.29) is 10.8 Å². The van der Waals surface area contributed by atoms with Crippen LogP contribution in [-0.2, 0) is 6.42 Å². The standard InChI is InChI=1S/C13H17ClFN/c14-12-7-4-10(9-13(12)15)3-1-2-8-16-11-5-6-11/h4,7,9,11,16H,1-3,5-6,8H2. The average Bonchev–Trinajstić information content (AvgIpc) is 3.07. The molecular weight excluding hydrogens is 225 g/mol. The summed E-state index contributed by atoms with van der Waals surface area (Å²) in [6, 6.07) is 5.86. The first-order chi connectivity index (χ1) is 7.75. The normalized spacial score (nSPS) is 15.4. The van der Waals surface area contributed by atoms with Gasteiger partial charge in [-0.05, 0) is 56.3 Å². The van der Waals surface area contributed by atoms with Gasteiger partial charge in [-0.1, -0.05) is 17.7 Å². The van der Waals surface area contributed by atoms with Crippen LogP contribution in [0.1, 0.15) is 31.2 Å². The van der Waals surface area contributed by atoms with Gasteiger partial charge >= 0.3 is 0 Å². The maximum Gasteiger partial charge on any atom is 0.142 e. The molecule has 0 aromatic heterocycles. The number of aryl methyl sites for hydroxylation is 1. The first-order valence-corrected chi connectivity index (χ1v) is 6.31. The molecule has 1 aliphatic rings. The second-order valence-electron chi connectivity index (χ2n) is 4.43. The third-order valence-electron chi connectivity index (χ3n) is 2.89. The quantitative estimate of drug-likeness (QED) is 0.751. The molecule has 0 atom stereocenters. The van der Waals surface area contributed by atoms with Crippen molar-refractivity contribution in [1.82, 2.24) is 5.32 Å². The average molecular weight is 242 g/mol. The summed E-state index contributed by atoms with van der Waals surface area (Å²) in [5.74, 6) is -0.310. The van der Waals surface area contributed by atoms with E-state index in [1.54, 1.807) is 6.07 Å². The van der Waals surface area contributed by atoms with Gasteiger partial charge in [0.2, 0.25) is 0 Å². The van der Waals surface area contributed by atoms with Gasteiger partial charge in [0.1, 0.15) is 5.82 Å². The van der Waals surface area contributed by atoms with Crippen LogP contribution in [0.5, 0.6) is 0 Å². The molecule has 1 aromatic carbocycles. The molecule has 0 heterocycles. The van der Waals surface area contributed by atoms with E-state index in [1.807, 2.05) is 6.07 Å². The highest BCUT2D eigenvalue weighted by Crippen LogP contribution is 2.19. The molecule has 88 valence electrons. The Labute approximate surface area is 101 Å². The van der Waals surface area contributed by atoms with Gasteiger partial charge in [0.25, 0.3) is 0 Å². The summed E-state index contributed by atoms with van der Waals surface area (Å²) < 4.78 is 13.1. The molecule has 2 rings (SSSR count). The number of nitrogens with one attached hydrogen (secondary N) is 1. The number of benzene rings is 1. The van der Waals surface area contributed by atoms with Crippen molar-refractivity contribution in [2.24, 2.45) is 0 Å². The lowest BCUT2D eigenvalue weighted by atomic mass is 10.1. The molecule has 0 aliphatic heterocycles. The number of hydrogen-bond acceptors (Lipinski definition) is 1. The molecule has 0 saturated heterocycles. The van der Waals surface area contributed by atoms with Gasteiger partial charge in [0.05, 0.1) is 5.02 Å². The first kappa shape index (κ1) is 11.9. The number of rotatable bonds is 6. The van der Waals surface area contributed by atoms with E-state index in [4.69, 9.17) is 11.6 Å². The Morgan fingerprint density at radius 3 is 2.81 bits per heavy atom. The molecule has 0 amide bonds. The third-order valence-corrected chi connectivity index (χ3v) is 3.19. The minimum absolute atomic E-state index is 0.208. The van der Waals surface area contributed by atoms with Crippen molar-refractivity contribution in [2.45, 2.75) is 38.1 Å². The molecule has 0 unspecified atom stereocenters. The van der Waals surface area contributed by atoms with Crippen molar-refractivity contribution in [3.63, 3.8) is 0 Å². The molecule has 3 heteroatoms. The highest BCUT2D eigenvalue weighted by atomic mass is 35.5. The highest BCUT2D eigenvalue weighted by molar-refractivity contribution is 6.30. The minimum Gasteiger partial charge on any atom is -0.314 e. The van der Waals surface area contributed by atoms with Crippen LogP contribution in [0, 0.1) is 5.82 Å². The third kappa shape index (κ3) is 3.76. The summed E-state index contributed by atoms with van der Waals surface area (Å²) in [6.07, 6.45) is 5.85. The summed E-state index contributed by atoms with van der Waals surface area (Å²) in [5, 5.41) is 3.68. The van der Waals surface area contributed by atoms with Gasteiger partial charge in [0, 0.05) is 6.04 Å². The van der Waals surface area contributed by atoms with Crippen LogP contribution in [0.2, 0.25) is 5.02 Å². The Kier molecular flexibility index (Phi) is 4.19. The summed E-state index contributed by atoms with van der Waals surface area (Å²) in [4.78, 5) is 0. The predicted molar refractivity (Wildman–Crippen MR) is 65.4 cm³/mol. The second kappa shape index (κ2) is 5.65. The monoisotopic (exact) mass is 241 g/mol. The maximum absolute atomic E-state index is 13.1. The Morgan fingerprint density at radius 2 is 2.12 bits per heavy atom. The van der Waals surface area contributed by atoms with Crippen LogP contribution in [0.4, 0.5) is 4.39 Å². The van der Waals surface area contributed by atoms with Crippen molar-refractivity contribution < 1.29 is 4.39 Å². The largest absolute Gasteiger partial charge is 0.314 e. The van der Waals surface area contributed by atoms with Crippen LogP contribution in [0.25, 0.3) is 0 Å². The van der Waals surface area contributed by atoms with Gasteiger partial charge in [-0.15, -0.1) is 0 Å². The second-order valence-corrected chi connectivity index (χ2v) is 4.84. The smallest absolute Gasteiger partial charge is 0.142 e. The van der Waals surface area contributed by atoms with Crippen LogP contribution < -0.4 is 5.32 Å². The molecule has 0 radical (unpaired) electrons. The van der Waals surface area contributed by atoms with Gasteiger partial charge in [0.15, 0.2) is 0 Å². The van der Waals surface area contributed by atoms with Crippen molar-refractivity contribution in [1.29, 1.82) is 0 Å². The summed E-state index contributed by atoms with van der Waals surface area (Å²) >= 11 is 5.62. The molecule has 1 aliphatic carbocycles. The van der Waals surface area contributed by atoms with E-state index in [0.29, 0.717) is 0 Å². The van der Waals surface area contributed by atoms with Crippen molar-refractivity contribution >= 4 is 11.6 Å². The van der Waals surface area contributed by atoms with Crippen molar-refractivity contribution in [3.05, 3.63) is 34.6 Å². The maximum atomic E-state index is 13.1. The molecule has 16 heavy (non-hydrogen) atoms. The van der Waals surface area contributed by atoms with Gasteiger partial charge in [-0.2, -0.15) is 0 Å². The molecule has 1 saturated carbocycles. The molecular formula is C13H17ClFN. The van der Waals surface area contributed by atoms with E-state index in [1.165, 1.54) is 18.9 Å². The molecule has 1 fully saturated rings. The van der Waals surface area contributed by atoms with Crippen LogP contribution in [0.3, 0.4) is 0 Å². The first-order valence-electron chi connectivity index (χ1n) is 5.93. The molecule has 0 bridgehead atoms. The molecule has 1 nitrogen and oxygen atoms in total. The van der Waals surface area contributed by atoms with Gasteiger partial charge in [-0.25, -0.2) is 4.39 Å². The molecule has 0 spiro atoms. The van der Waals surface area contributed by atoms with Crippen molar-refractivity contribution in [2.75, 3.05) is 6.54 Å². The summed E-state index contributed by atoms with van der Waals surface area (Å²) in [6.45, 7) is 1.08. The van der Waals surface area contributed by atoms with E-state index in [9.17, 15) is 4.39 Å². The highest BCUT2D eigenvalue weighted by Gasteiger charge is 2.19. The van der Waals surface area contributed by atoms with Gasteiger partial charge in [-0.3, -0.25) is 0 Å². The fourth-order valence-electron chi connectivity index (χ4n) is 1.74. The molecule has 1 N–H and O–H groups in total. The predicted octanol–water partition coefficient (Wildman–Crippen LogP) is 3.55. The fourth-order valence-corrected chi connectivity index (χ4v) is 1.86. The SMILES string of the molecule is Fc1cc(CCCCNC2CC2)ccc1Cl. The number of hydrogen-bond donors (Lipinski definition) is 1. The summed E-state index contributed by atoms with van der Waals surface area (Å²) in [7, 11) is 0. The fraction of sp³-hybridized carbons (Fsp3) is 0.538. The topological polar surface area (TPSA) is 12.0 Å². The van der Waals surface area contributed by atoms with E-state index in [0.717, 1.165) is 37.4 Å². The van der Waals surface area contributed by atoms with Gasteiger partial charge < -0.3 is 5.32 Å². The van der Waals surface area contributed by atoms with Crippen LogP contribution in [0.15, 0.2) is 18.2 Å². The zero-order valence-corrected chi connectivity index (χ0v) is 10.1. The Bertz CT molecular complexity index is 350. The van der Waals surface area contributed by atoms with E-state index < -0.39 is 0 Å². The Balaban J connectivity index is 1.65. The lowest BCUT2D eigenvalue weighted by molar-refractivity contribution is 0.611. The van der Waals surface area contributed by atoms with E-state index in [2.05, 4.69) is 5.32 Å². The Hall–Kier alpha value is -0.600. The summed E-state index contributed by atoms with van der Waals surface area (Å²) in [5.41, 5.74) is 1.04. The number of halogens is 2. The van der Waals surface area contributed by atoms with Crippen molar-refractivity contribution in [3.8, 4) is 0 Å². The van der Waals surface area contributed by atoms with Crippen LogP contribution in [-0.4, -0.2) is 12.6 Å².